The van der Waals surface area contributed by atoms with Crippen molar-refractivity contribution in [1.29, 1.82) is 5.26 Å². The Morgan fingerprint density at radius 3 is 2.76 bits per heavy atom. The molecule has 2 aromatic heterocycles. The van der Waals surface area contributed by atoms with Crippen LogP contribution in [0.15, 0.2) is 22.8 Å². The number of nitriles is 1. The van der Waals surface area contributed by atoms with Gasteiger partial charge in [0, 0.05) is 5.69 Å². The van der Waals surface area contributed by atoms with Crippen LogP contribution < -0.4 is 10.2 Å². The highest BCUT2D eigenvalue weighted by Crippen LogP contribution is 2.27. The topological polar surface area (TPSA) is 75.4 Å². The summed E-state index contributed by atoms with van der Waals surface area (Å²) in [6, 6.07) is 5.97. The van der Waals surface area contributed by atoms with Gasteiger partial charge in [-0.05, 0) is 50.8 Å². The van der Waals surface area contributed by atoms with Crippen molar-refractivity contribution in [3.05, 3.63) is 41.0 Å². The summed E-state index contributed by atoms with van der Waals surface area (Å²) in [5.41, 5.74) is 2.40. The third-order valence-electron chi connectivity index (χ3n) is 5.06. The number of quaternary nitrogens is 1. The van der Waals surface area contributed by atoms with E-state index in [0.29, 0.717) is 24.5 Å². The first-order chi connectivity index (χ1) is 12.1. The van der Waals surface area contributed by atoms with Gasteiger partial charge < -0.3 is 19.2 Å². The molecule has 132 valence electrons. The summed E-state index contributed by atoms with van der Waals surface area (Å²) < 4.78 is 7.39. The molecule has 0 aliphatic carbocycles. The first kappa shape index (κ1) is 17.3. The minimum absolute atomic E-state index is 0.0356. The number of carbonyl (C=O) groups excluding carboxylic acids is 1. The Morgan fingerprint density at radius 1 is 1.36 bits per heavy atom. The SMILES string of the molecule is Cc1c(C#N)c(NC(=O)C[NH+]2CCCCC2)n(Cc2ccco2)c1C. The van der Waals surface area contributed by atoms with E-state index in [1.165, 1.54) is 24.2 Å². The van der Waals surface area contributed by atoms with Crippen LogP contribution in [0.5, 0.6) is 0 Å². The fraction of sp³-hybridized carbons (Fsp3) is 0.474. The number of rotatable bonds is 5. The van der Waals surface area contributed by atoms with E-state index >= 15 is 0 Å². The van der Waals surface area contributed by atoms with E-state index in [1.54, 1.807) is 6.26 Å². The lowest BCUT2D eigenvalue weighted by Gasteiger charge is -2.23. The number of anilines is 1. The molecule has 1 aliphatic rings. The van der Waals surface area contributed by atoms with E-state index in [9.17, 15) is 10.1 Å². The first-order valence-electron chi connectivity index (χ1n) is 8.85. The third-order valence-corrected chi connectivity index (χ3v) is 5.06. The van der Waals surface area contributed by atoms with Crippen molar-refractivity contribution >= 4 is 11.7 Å². The Bertz CT molecular complexity index is 777. The van der Waals surface area contributed by atoms with Gasteiger partial charge in [-0.2, -0.15) is 5.26 Å². The predicted molar refractivity (Wildman–Crippen MR) is 94.5 cm³/mol. The Labute approximate surface area is 148 Å². The Hall–Kier alpha value is -2.52. The fourth-order valence-electron chi connectivity index (χ4n) is 3.52. The van der Waals surface area contributed by atoms with Crippen molar-refractivity contribution in [2.24, 2.45) is 0 Å². The maximum absolute atomic E-state index is 12.5. The van der Waals surface area contributed by atoms with Crippen LogP contribution in [-0.2, 0) is 11.3 Å². The lowest BCUT2D eigenvalue weighted by atomic mass is 10.1. The van der Waals surface area contributed by atoms with Crippen LogP contribution in [0.3, 0.4) is 0 Å². The number of piperidine rings is 1. The van der Waals surface area contributed by atoms with Gasteiger partial charge in [0.1, 0.15) is 17.6 Å². The summed E-state index contributed by atoms with van der Waals surface area (Å²) in [5, 5.41) is 12.5. The maximum Gasteiger partial charge on any atom is 0.280 e. The monoisotopic (exact) mass is 341 g/mol. The number of furan rings is 1. The zero-order chi connectivity index (χ0) is 17.8. The zero-order valence-electron chi connectivity index (χ0n) is 14.9. The van der Waals surface area contributed by atoms with Gasteiger partial charge in [0.2, 0.25) is 0 Å². The van der Waals surface area contributed by atoms with Crippen molar-refractivity contribution in [3.63, 3.8) is 0 Å². The summed E-state index contributed by atoms with van der Waals surface area (Å²) in [7, 11) is 0. The molecule has 6 heteroatoms. The second-order valence-corrected chi connectivity index (χ2v) is 6.75. The van der Waals surface area contributed by atoms with E-state index < -0.39 is 0 Å². The minimum atomic E-state index is -0.0356. The van der Waals surface area contributed by atoms with E-state index in [-0.39, 0.29) is 5.91 Å². The number of hydrogen-bond donors (Lipinski definition) is 2. The van der Waals surface area contributed by atoms with Crippen LogP contribution in [-0.4, -0.2) is 30.1 Å². The molecule has 3 rings (SSSR count). The molecule has 1 aliphatic heterocycles. The molecule has 1 amide bonds. The van der Waals surface area contributed by atoms with Gasteiger partial charge in [0.05, 0.1) is 31.5 Å². The van der Waals surface area contributed by atoms with Gasteiger partial charge in [0.25, 0.3) is 5.91 Å². The summed E-state index contributed by atoms with van der Waals surface area (Å²) >= 11 is 0. The molecule has 2 aromatic rings. The van der Waals surface area contributed by atoms with Gasteiger partial charge in [0.15, 0.2) is 6.54 Å². The quantitative estimate of drug-likeness (QED) is 0.868. The van der Waals surface area contributed by atoms with Crippen molar-refractivity contribution in [1.82, 2.24) is 4.57 Å². The number of aromatic nitrogens is 1. The molecule has 3 heterocycles. The molecule has 0 aromatic carbocycles. The van der Waals surface area contributed by atoms with Gasteiger partial charge in [-0.15, -0.1) is 0 Å². The zero-order valence-corrected chi connectivity index (χ0v) is 14.9. The number of nitrogens with one attached hydrogen (secondary N) is 2. The molecule has 1 saturated heterocycles. The molecular weight excluding hydrogens is 316 g/mol. The van der Waals surface area contributed by atoms with Crippen LogP contribution in [0, 0.1) is 25.2 Å². The molecular formula is C19H25N4O2+. The second kappa shape index (κ2) is 7.58. The van der Waals surface area contributed by atoms with Crippen LogP contribution in [0.1, 0.15) is 41.8 Å². The van der Waals surface area contributed by atoms with Crippen LogP contribution in [0.2, 0.25) is 0 Å². The summed E-state index contributed by atoms with van der Waals surface area (Å²) in [6.45, 7) is 6.92. The molecule has 0 spiro atoms. The van der Waals surface area contributed by atoms with Gasteiger partial charge in [-0.3, -0.25) is 4.79 Å². The highest BCUT2D eigenvalue weighted by molar-refractivity contribution is 5.92. The number of nitrogens with zero attached hydrogens (tertiary/aromatic N) is 2. The van der Waals surface area contributed by atoms with Crippen LogP contribution in [0.25, 0.3) is 0 Å². The largest absolute Gasteiger partial charge is 0.467 e. The minimum Gasteiger partial charge on any atom is -0.467 e. The highest BCUT2D eigenvalue weighted by Gasteiger charge is 2.23. The smallest absolute Gasteiger partial charge is 0.280 e. The Morgan fingerprint density at radius 2 is 2.12 bits per heavy atom. The molecule has 0 saturated carbocycles. The highest BCUT2D eigenvalue weighted by atomic mass is 16.3. The molecule has 0 atom stereocenters. The lowest BCUT2D eigenvalue weighted by Crippen LogP contribution is -3.13. The third kappa shape index (κ3) is 3.77. The fourth-order valence-corrected chi connectivity index (χ4v) is 3.52. The van der Waals surface area contributed by atoms with E-state index in [0.717, 1.165) is 30.1 Å². The van der Waals surface area contributed by atoms with Crippen molar-refractivity contribution in [2.75, 3.05) is 25.0 Å². The number of hydrogen-bond acceptors (Lipinski definition) is 3. The molecule has 1 fully saturated rings. The van der Waals surface area contributed by atoms with Crippen molar-refractivity contribution < 1.29 is 14.1 Å². The molecule has 0 unspecified atom stereocenters. The molecule has 2 N–H and O–H groups in total. The summed E-state index contributed by atoms with van der Waals surface area (Å²) in [4.78, 5) is 13.9. The van der Waals surface area contributed by atoms with Crippen LogP contribution in [0.4, 0.5) is 5.82 Å². The van der Waals surface area contributed by atoms with Gasteiger partial charge >= 0.3 is 0 Å². The second-order valence-electron chi connectivity index (χ2n) is 6.75. The maximum atomic E-state index is 12.5. The molecule has 6 nitrogen and oxygen atoms in total. The summed E-state index contributed by atoms with van der Waals surface area (Å²) in [5.74, 6) is 1.33. The van der Waals surface area contributed by atoms with Crippen LogP contribution >= 0.6 is 0 Å². The normalized spacial score (nSPS) is 15.1. The van der Waals surface area contributed by atoms with Gasteiger partial charge in [-0.1, -0.05) is 0 Å². The van der Waals surface area contributed by atoms with Crippen molar-refractivity contribution in [3.8, 4) is 6.07 Å². The predicted octanol–water partition coefficient (Wildman–Crippen LogP) is 1.63. The lowest BCUT2D eigenvalue weighted by molar-refractivity contribution is -0.896. The standard InChI is InChI=1S/C19H24N4O2/c1-14-15(2)23(12-16-7-6-10-25-16)19(17(14)11-20)21-18(24)13-22-8-4-3-5-9-22/h6-7,10H,3-5,8-9,12-13H2,1-2H3,(H,21,24)/p+1. The molecule has 0 radical (unpaired) electrons. The average molecular weight is 341 g/mol. The Balaban J connectivity index is 1.82. The number of carbonyl (C=O) groups is 1. The van der Waals surface area contributed by atoms with Gasteiger partial charge in [-0.25, -0.2) is 0 Å². The summed E-state index contributed by atoms with van der Waals surface area (Å²) in [6.07, 6.45) is 5.25. The van der Waals surface area contributed by atoms with Crippen molar-refractivity contribution in [2.45, 2.75) is 39.7 Å². The van der Waals surface area contributed by atoms with E-state index in [1.807, 2.05) is 30.5 Å². The number of likely N-dealkylation sites (tertiary alicyclic amines) is 1. The van der Waals surface area contributed by atoms with E-state index in [4.69, 9.17) is 4.42 Å². The number of amides is 1. The molecule has 25 heavy (non-hydrogen) atoms. The van der Waals surface area contributed by atoms with E-state index in [2.05, 4.69) is 11.4 Å². The first-order valence-corrected chi connectivity index (χ1v) is 8.85. The average Bonchev–Trinajstić information content (AvgIpc) is 3.19. The molecule has 0 bridgehead atoms. The Kier molecular flexibility index (Phi) is 5.25.